The van der Waals surface area contributed by atoms with Crippen LogP contribution in [0.1, 0.15) is 17.5 Å². The highest BCUT2D eigenvalue weighted by Gasteiger charge is 2.17. The van der Waals surface area contributed by atoms with Crippen molar-refractivity contribution in [3.63, 3.8) is 0 Å². The second-order valence-electron chi connectivity index (χ2n) is 5.02. The van der Waals surface area contributed by atoms with Gasteiger partial charge in [-0.05, 0) is 41.8 Å². The fraction of sp³-hybridized carbons (Fsp3) is 0.188. The molecule has 0 spiro atoms. The van der Waals surface area contributed by atoms with E-state index in [1.54, 1.807) is 12.1 Å². The highest BCUT2D eigenvalue weighted by atomic mass is 35.5. The van der Waals surface area contributed by atoms with Gasteiger partial charge in [0.2, 0.25) is 5.91 Å². The molecular weight excluding hydrogens is 291 g/mol. The van der Waals surface area contributed by atoms with Gasteiger partial charge in [-0.3, -0.25) is 4.79 Å². The van der Waals surface area contributed by atoms with Crippen molar-refractivity contribution in [2.75, 3.05) is 10.6 Å². The van der Waals surface area contributed by atoms with Gasteiger partial charge < -0.3 is 10.6 Å². The van der Waals surface area contributed by atoms with Gasteiger partial charge >= 0.3 is 0 Å². The number of anilines is 2. The zero-order chi connectivity index (χ0) is 14.8. The van der Waals surface area contributed by atoms with Crippen molar-refractivity contribution >= 4 is 28.9 Å². The van der Waals surface area contributed by atoms with Crippen molar-refractivity contribution in [2.24, 2.45) is 0 Å². The summed E-state index contributed by atoms with van der Waals surface area (Å²) in [7, 11) is 0. The first-order valence-corrected chi connectivity index (χ1v) is 7.10. The molecule has 0 saturated carbocycles. The van der Waals surface area contributed by atoms with E-state index in [0.29, 0.717) is 35.8 Å². The molecule has 3 nitrogen and oxygen atoms in total. The monoisotopic (exact) mass is 304 g/mol. The molecule has 0 fully saturated rings. The smallest absolute Gasteiger partial charge is 0.224 e. The molecule has 0 bridgehead atoms. The third-order valence-electron chi connectivity index (χ3n) is 3.46. The largest absolute Gasteiger partial charge is 0.379 e. The Morgan fingerprint density at radius 3 is 2.90 bits per heavy atom. The van der Waals surface area contributed by atoms with Gasteiger partial charge in [0, 0.05) is 23.7 Å². The Morgan fingerprint density at radius 1 is 1.24 bits per heavy atom. The molecule has 0 aliphatic carbocycles. The molecule has 1 aliphatic rings. The number of carbonyl (C=O) groups is 1. The summed E-state index contributed by atoms with van der Waals surface area (Å²) in [6.45, 7) is 0.463. The van der Waals surface area contributed by atoms with Crippen molar-refractivity contribution in [3.8, 4) is 0 Å². The van der Waals surface area contributed by atoms with E-state index in [1.807, 2.05) is 18.2 Å². The number of aryl methyl sites for hydroxylation is 1. The third kappa shape index (κ3) is 3.16. The Labute approximate surface area is 127 Å². The van der Waals surface area contributed by atoms with Gasteiger partial charge in [0.1, 0.15) is 5.82 Å². The summed E-state index contributed by atoms with van der Waals surface area (Å²) in [6, 6.07) is 10.5. The minimum atomic E-state index is -0.313. The van der Waals surface area contributed by atoms with Crippen LogP contribution in [-0.2, 0) is 17.8 Å². The Balaban J connectivity index is 1.79. The van der Waals surface area contributed by atoms with Crippen LogP contribution in [0.5, 0.6) is 0 Å². The Hall–Kier alpha value is -2.07. The average Bonchev–Trinajstić information content (AvgIpc) is 2.45. The van der Waals surface area contributed by atoms with Crippen LogP contribution in [0.25, 0.3) is 0 Å². The number of halogens is 2. The molecule has 0 atom stereocenters. The van der Waals surface area contributed by atoms with E-state index >= 15 is 0 Å². The second kappa shape index (κ2) is 5.74. The maximum atomic E-state index is 14.1. The first-order chi connectivity index (χ1) is 10.1. The molecule has 2 N–H and O–H groups in total. The van der Waals surface area contributed by atoms with Gasteiger partial charge in [-0.25, -0.2) is 4.39 Å². The number of hydrogen-bond acceptors (Lipinski definition) is 2. The second-order valence-corrected chi connectivity index (χ2v) is 5.46. The summed E-state index contributed by atoms with van der Waals surface area (Å²) in [4.78, 5) is 11.4. The normalized spacial score (nSPS) is 13.5. The molecule has 5 heteroatoms. The zero-order valence-electron chi connectivity index (χ0n) is 11.2. The summed E-state index contributed by atoms with van der Waals surface area (Å²) in [6.07, 6.45) is 0.981. The van der Waals surface area contributed by atoms with E-state index in [9.17, 15) is 9.18 Å². The van der Waals surface area contributed by atoms with Gasteiger partial charge in [0.15, 0.2) is 0 Å². The van der Waals surface area contributed by atoms with Gasteiger partial charge in [-0.1, -0.05) is 23.7 Å². The minimum absolute atomic E-state index is 0.0325. The highest BCUT2D eigenvalue weighted by Crippen LogP contribution is 2.29. The summed E-state index contributed by atoms with van der Waals surface area (Å²) >= 11 is 5.92. The molecule has 3 rings (SSSR count). The van der Waals surface area contributed by atoms with Crippen LogP contribution in [0, 0.1) is 5.82 Å². The van der Waals surface area contributed by atoms with Crippen molar-refractivity contribution < 1.29 is 9.18 Å². The lowest BCUT2D eigenvalue weighted by atomic mass is 10.0. The van der Waals surface area contributed by atoms with E-state index in [2.05, 4.69) is 10.6 Å². The lowest BCUT2D eigenvalue weighted by Gasteiger charge is -2.19. The molecule has 21 heavy (non-hydrogen) atoms. The van der Waals surface area contributed by atoms with Gasteiger partial charge in [0.25, 0.3) is 0 Å². The maximum absolute atomic E-state index is 14.1. The van der Waals surface area contributed by atoms with E-state index in [0.717, 1.165) is 11.1 Å². The first-order valence-electron chi connectivity index (χ1n) is 6.72. The van der Waals surface area contributed by atoms with Crippen LogP contribution < -0.4 is 10.6 Å². The molecule has 0 saturated heterocycles. The highest BCUT2D eigenvalue weighted by molar-refractivity contribution is 6.30. The summed E-state index contributed by atoms with van der Waals surface area (Å²) in [5.41, 5.74) is 2.85. The Bertz CT molecular complexity index is 703. The Kier molecular flexibility index (Phi) is 3.80. The van der Waals surface area contributed by atoms with Crippen LogP contribution in [-0.4, -0.2) is 5.91 Å². The fourth-order valence-electron chi connectivity index (χ4n) is 2.38. The van der Waals surface area contributed by atoms with Gasteiger partial charge in [0.05, 0.1) is 5.69 Å². The van der Waals surface area contributed by atoms with Crippen molar-refractivity contribution in [2.45, 2.75) is 19.4 Å². The molecule has 2 aromatic rings. The summed E-state index contributed by atoms with van der Waals surface area (Å²) < 4.78 is 14.1. The van der Waals surface area contributed by atoms with Crippen LogP contribution in [0.2, 0.25) is 5.02 Å². The predicted molar refractivity (Wildman–Crippen MR) is 82.1 cm³/mol. The summed E-state index contributed by atoms with van der Waals surface area (Å²) in [5.74, 6) is -0.346. The van der Waals surface area contributed by atoms with Crippen LogP contribution >= 0.6 is 11.6 Å². The van der Waals surface area contributed by atoms with E-state index in [1.165, 1.54) is 6.07 Å². The van der Waals surface area contributed by atoms with Crippen molar-refractivity contribution in [1.82, 2.24) is 0 Å². The van der Waals surface area contributed by atoms with E-state index < -0.39 is 0 Å². The number of benzene rings is 2. The molecule has 1 amide bonds. The molecule has 0 unspecified atom stereocenters. The van der Waals surface area contributed by atoms with Crippen molar-refractivity contribution in [1.29, 1.82) is 0 Å². The molecule has 1 heterocycles. The van der Waals surface area contributed by atoms with Crippen LogP contribution in [0.3, 0.4) is 0 Å². The zero-order valence-corrected chi connectivity index (χ0v) is 12.0. The van der Waals surface area contributed by atoms with E-state index in [-0.39, 0.29) is 11.7 Å². The lowest BCUT2D eigenvalue weighted by Crippen LogP contribution is -2.19. The molecule has 2 aromatic carbocycles. The predicted octanol–water partition coefficient (Wildman–Crippen LogP) is 3.98. The lowest BCUT2D eigenvalue weighted by molar-refractivity contribution is -0.116. The molecule has 108 valence electrons. The number of nitrogens with one attached hydrogen (secondary N) is 2. The fourth-order valence-corrected chi connectivity index (χ4v) is 2.59. The van der Waals surface area contributed by atoms with E-state index in [4.69, 9.17) is 11.6 Å². The van der Waals surface area contributed by atoms with Crippen molar-refractivity contribution in [3.05, 3.63) is 58.4 Å². The summed E-state index contributed by atoms with van der Waals surface area (Å²) in [5, 5.41) is 6.45. The number of amides is 1. The average molecular weight is 305 g/mol. The SMILES string of the molecule is O=C1CCc2cc(F)c(NCc3cccc(Cl)c3)cc2N1. The van der Waals surface area contributed by atoms with Crippen LogP contribution in [0.4, 0.5) is 15.8 Å². The first kappa shape index (κ1) is 13.9. The topological polar surface area (TPSA) is 41.1 Å². The quantitative estimate of drug-likeness (QED) is 0.900. The molecule has 0 radical (unpaired) electrons. The number of hydrogen-bond donors (Lipinski definition) is 2. The maximum Gasteiger partial charge on any atom is 0.224 e. The number of fused-ring (bicyclic) bond motifs is 1. The number of carbonyl (C=O) groups excluding carboxylic acids is 1. The van der Waals surface area contributed by atoms with Crippen LogP contribution in [0.15, 0.2) is 36.4 Å². The van der Waals surface area contributed by atoms with Gasteiger partial charge in [-0.15, -0.1) is 0 Å². The Morgan fingerprint density at radius 2 is 2.10 bits per heavy atom. The van der Waals surface area contributed by atoms with Gasteiger partial charge in [-0.2, -0.15) is 0 Å². The minimum Gasteiger partial charge on any atom is -0.379 e. The molecular formula is C16H14ClFN2O. The standard InChI is InChI=1S/C16H14ClFN2O/c17-12-3-1-2-10(6-12)9-19-15-8-14-11(7-13(15)18)4-5-16(21)20-14/h1-3,6-8,19H,4-5,9H2,(H,20,21). The molecule has 1 aliphatic heterocycles. The molecule has 0 aromatic heterocycles. The number of rotatable bonds is 3. The third-order valence-corrected chi connectivity index (χ3v) is 3.70.